The average molecular weight is 182 g/mol. The molecule has 13 heavy (non-hydrogen) atoms. The first-order valence-corrected chi connectivity index (χ1v) is 4.27. The van der Waals surface area contributed by atoms with Crippen molar-refractivity contribution in [3.05, 3.63) is 34.2 Å². The lowest BCUT2D eigenvalue weighted by atomic mass is 10.0. The van der Waals surface area contributed by atoms with Crippen LogP contribution in [0.2, 0.25) is 0 Å². The van der Waals surface area contributed by atoms with Crippen LogP contribution >= 0.6 is 0 Å². The number of aromatic amines is 1. The molecule has 2 unspecified atom stereocenters. The maximum Gasteiger partial charge on any atom is 0.247 e. The first-order chi connectivity index (χ1) is 6.15. The largest absolute Gasteiger partial charge is 0.387 e. The molecular weight excluding hydrogens is 168 g/mol. The molecule has 0 aliphatic carbocycles. The summed E-state index contributed by atoms with van der Waals surface area (Å²) in [5.74, 6) is 0. The number of aliphatic hydroxyl groups excluding tert-OH is 1. The number of hydrogen-bond donors (Lipinski definition) is 3. The van der Waals surface area contributed by atoms with E-state index < -0.39 is 6.10 Å². The zero-order valence-corrected chi connectivity index (χ0v) is 7.53. The summed E-state index contributed by atoms with van der Waals surface area (Å²) < 4.78 is 0. The molecular formula is C9H14N2O2. The van der Waals surface area contributed by atoms with Crippen LogP contribution in [0.4, 0.5) is 0 Å². The third-order valence-corrected chi connectivity index (χ3v) is 2.03. The second kappa shape index (κ2) is 4.20. The minimum Gasteiger partial charge on any atom is -0.387 e. The second-order valence-corrected chi connectivity index (χ2v) is 3.00. The van der Waals surface area contributed by atoms with Crippen LogP contribution in [-0.4, -0.2) is 16.1 Å². The zero-order valence-electron chi connectivity index (χ0n) is 7.53. The molecule has 4 N–H and O–H groups in total. The van der Waals surface area contributed by atoms with Gasteiger partial charge in [0.05, 0.1) is 6.10 Å². The molecule has 0 amide bonds. The van der Waals surface area contributed by atoms with Gasteiger partial charge in [-0.3, -0.25) is 4.79 Å². The van der Waals surface area contributed by atoms with E-state index in [0.717, 1.165) is 0 Å². The highest BCUT2D eigenvalue weighted by Gasteiger charge is 2.14. The van der Waals surface area contributed by atoms with Gasteiger partial charge in [0.15, 0.2) is 0 Å². The minimum atomic E-state index is -0.707. The third kappa shape index (κ3) is 2.40. The van der Waals surface area contributed by atoms with Crippen LogP contribution in [0.15, 0.2) is 23.1 Å². The van der Waals surface area contributed by atoms with Crippen molar-refractivity contribution in [1.29, 1.82) is 0 Å². The second-order valence-electron chi connectivity index (χ2n) is 3.00. The van der Waals surface area contributed by atoms with Crippen molar-refractivity contribution in [2.45, 2.75) is 25.5 Å². The summed E-state index contributed by atoms with van der Waals surface area (Å²) in [5, 5.41) is 9.63. The standard InChI is InChI=1S/C9H14N2O2/c1-2-7(10)9(13)6-3-4-8(12)11-5-6/h3-5,7,9,13H,2,10H2,1H3,(H,11,12). The molecule has 0 bridgehead atoms. The molecule has 0 aromatic carbocycles. The van der Waals surface area contributed by atoms with Crippen molar-refractivity contribution in [3.8, 4) is 0 Å². The number of hydrogen-bond acceptors (Lipinski definition) is 3. The SMILES string of the molecule is CCC(N)C(O)c1ccc(=O)[nH]c1. The maximum absolute atomic E-state index is 10.7. The molecule has 0 aliphatic rings. The van der Waals surface area contributed by atoms with E-state index in [0.29, 0.717) is 12.0 Å². The van der Waals surface area contributed by atoms with E-state index in [1.54, 1.807) is 6.07 Å². The molecule has 72 valence electrons. The molecule has 4 nitrogen and oxygen atoms in total. The van der Waals surface area contributed by atoms with E-state index in [9.17, 15) is 9.90 Å². The van der Waals surface area contributed by atoms with Crippen molar-refractivity contribution in [1.82, 2.24) is 4.98 Å². The Morgan fingerprint density at radius 3 is 2.77 bits per heavy atom. The van der Waals surface area contributed by atoms with Gasteiger partial charge in [-0.2, -0.15) is 0 Å². The Balaban J connectivity index is 2.83. The Morgan fingerprint density at radius 1 is 1.62 bits per heavy atom. The minimum absolute atomic E-state index is 0.180. The lowest BCUT2D eigenvalue weighted by molar-refractivity contribution is 0.144. The van der Waals surface area contributed by atoms with Gasteiger partial charge >= 0.3 is 0 Å². The van der Waals surface area contributed by atoms with Crippen molar-refractivity contribution in [2.75, 3.05) is 0 Å². The van der Waals surface area contributed by atoms with Crippen LogP contribution in [0.3, 0.4) is 0 Å². The molecule has 0 saturated carbocycles. The topological polar surface area (TPSA) is 79.1 Å². The van der Waals surface area contributed by atoms with E-state index >= 15 is 0 Å². The monoisotopic (exact) mass is 182 g/mol. The zero-order chi connectivity index (χ0) is 9.84. The van der Waals surface area contributed by atoms with Crippen LogP contribution in [0.5, 0.6) is 0 Å². The lowest BCUT2D eigenvalue weighted by Crippen LogP contribution is -2.27. The first kappa shape index (κ1) is 9.95. The van der Waals surface area contributed by atoms with Gasteiger partial charge in [0.1, 0.15) is 0 Å². The summed E-state index contributed by atoms with van der Waals surface area (Å²) in [6.07, 6.45) is 1.48. The van der Waals surface area contributed by atoms with E-state index in [1.165, 1.54) is 12.3 Å². The highest BCUT2D eigenvalue weighted by atomic mass is 16.3. The van der Waals surface area contributed by atoms with Crippen molar-refractivity contribution < 1.29 is 5.11 Å². The van der Waals surface area contributed by atoms with Crippen LogP contribution in [0, 0.1) is 0 Å². The highest BCUT2D eigenvalue weighted by molar-refractivity contribution is 5.13. The van der Waals surface area contributed by atoms with Crippen LogP contribution in [0.1, 0.15) is 25.0 Å². The molecule has 0 spiro atoms. The molecule has 0 fully saturated rings. The van der Waals surface area contributed by atoms with Gasteiger partial charge in [0.25, 0.3) is 0 Å². The normalized spacial score (nSPS) is 15.3. The summed E-state index contributed by atoms with van der Waals surface area (Å²) in [5.41, 5.74) is 6.11. The van der Waals surface area contributed by atoms with Crippen molar-refractivity contribution in [2.24, 2.45) is 5.73 Å². The van der Waals surface area contributed by atoms with Crippen molar-refractivity contribution in [3.63, 3.8) is 0 Å². The Bertz CT molecular complexity index is 301. The van der Waals surface area contributed by atoms with E-state index in [-0.39, 0.29) is 11.6 Å². The molecule has 0 saturated heterocycles. The maximum atomic E-state index is 10.7. The number of aromatic nitrogens is 1. The predicted molar refractivity (Wildman–Crippen MR) is 50.3 cm³/mol. The summed E-state index contributed by atoms with van der Waals surface area (Å²) in [4.78, 5) is 13.2. The molecule has 1 aromatic rings. The fraction of sp³-hybridized carbons (Fsp3) is 0.444. The molecule has 0 aliphatic heterocycles. The van der Waals surface area contributed by atoms with Gasteiger partial charge in [0, 0.05) is 18.3 Å². The van der Waals surface area contributed by atoms with Gasteiger partial charge in [-0.05, 0) is 18.1 Å². The molecule has 2 atom stereocenters. The van der Waals surface area contributed by atoms with E-state index in [4.69, 9.17) is 5.73 Å². The molecule has 1 rings (SSSR count). The number of H-pyrrole nitrogens is 1. The number of nitrogens with one attached hydrogen (secondary N) is 1. The van der Waals surface area contributed by atoms with Gasteiger partial charge < -0.3 is 15.8 Å². The van der Waals surface area contributed by atoms with Crippen LogP contribution in [0.25, 0.3) is 0 Å². The highest BCUT2D eigenvalue weighted by Crippen LogP contribution is 2.14. The molecule has 1 aromatic heterocycles. The quantitative estimate of drug-likeness (QED) is 0.622. The smallest absolute Gasteiger partial charge is 0.247 e. The van der Waals surface area contributed by atoms with Gasteiger partial charge in [0.2, 0.25) is 5.56 Å². The van der Waals surface area contributed by atoms with Crippen molar-refractivity contribution >= 4 is 0 Å². The van der Waals surface area contributed by atoms with Gasteiger partial charge in [-0.1, -0.05) is 6.92 Å². The third-order valence-electron chi connectivity index (χ3n) is 2.03. The number of aliphatic hydroxyl groups is 1. The Labute approximate surface area is 76.4 Å². The fourth-order valence-corrected chi connectivity index (χ4v) is 1.08. The van der Waals surface area contributed by atoms with Gasteiger partial charge in [-0.15, -0.1) is 0 Å². The van der Waals surface area contributed by atoms with Crippen LogP contribution < -0.4 is 11.3 Å². The Kier molecular flexibility index (Phi) is 3.22. The summed E-state index contributed by atoms with van der Waals surface area (Å²) >= 11 is 0. The summed E-state index contributed by atoms with van der Waals surface area (Å²) in [7, 11) is 0. The van der Waals surface area contributed by atoms with Gasteiger partial charge in [-0.25, -0.2) is 0 Å². The Hall–Kier alpha value is -1.13. The number of nitrogens with two attached hydrogens (primary N) is 1. The molecule has 0 radical (unpaired) electrons. The number of rotatable bonds is 3. The van der Waals surface area contributed by atoms with E-state index in [1.807, 2.05) is 6.92 Å². The van der Waals surface area contributed by atoms with Crippen LogP contribution in [-0.2, 0) is 0 Å². The predicted octanol–water partition coefficient (Wildman–Crippen LogP) is 0.146. The molecule has 4 heteroatoms. The number of pyridine rings is 1. The molecule has 1 heterocycles. The Morgan fingerprint density at radius 2 is 2.31 bits per heavy atom. The summed E-state index contributed by atoms with van der Waals surface area (Å²) in [6, 6.07) is 2.67. The van der Waals surface area contributed by atoms with E-state index in [2.05, 4.69) is 4.98 Å². The lowest BCUT2D eigenvalue weighted by Gasteiger charge is -2.16. The average Bonchev–Trinajstić information content (AvgIpc) is 2.17. The first-order valence-electron chi connectivity index (χ1n) is 4.27. The summed E-state index contributed by atoms with van der Waals surface area (Å²) in [6.45, 7) is 1.90. The fourth-order valence-electron chi connectivity index (χ4n) is 1.08.